The molecular formula is C19H26N4O3. The first-order chi connectivity index (χ1) is 12.7. The second-order valence-electron chi connectivity index (χ2n) is 5.74. The fraction of sp³-hybridized carbons (Fsp3) is 0.421. The molecule has 2 rings (SSSR count). The molecule has 0 aliphatic carbocycles. The van der Waals surface area contributed by atoms with Gasteiger partial charge in [0.1, 0.15) is 5.69 Å². The van der Waals surface area contributed by atoms with E-state index in [1.165, 1.54) is 0 Å². The van der Waals surface area contributed by atoms with Gasteiger partial charge in [0, 0.05) is 19.3 Å². The molecule has 0 unspecified atom stereocenters. The van der Waals surface area contributed by atoms with E-state index in [0.29, 0.717) is 36.1 Å². The molecule has 0 saturated carbocycles. The van der Waals surface area contributed by atoms with E-state index in [9.17, 15) is 4.79 Å². The average molecular weight is 358 g/mol. The van der Waals surface area contributed by atoms with Crippen LogP contribution in [0.15, 0.2) is 30.5 Å². The van der Waals surface area contributed by atoms with Crippen molar-refractivity contribution in [1.82, 2.24) is 15.3 Å². The Morgan fingerprint density at radius 1 is 1.12 bits per heavy atom. The Morgan fingerprint density at radius 3 is 2.65 bits per heavy atom. The van der Waals surface area contributed by atoms with Crippen LogP contribution >= 0.6 is 0 Å². The van der Waals surface area contributed by atoms with Crippen LogP contribution in [0, 0.1) is 0 Å². The van der Waals surface area contributed by atoms with E-state index in [-0.39, 0.29) is 5.91 Å². The van der Waals surface area contributed by atoms with E-state index >= 15 is 0 Å². The highest BCUT2D eigenvalue weighted by Gasteiger charge is 2.09. The predicted molar refractivity (Wildman–Crippen MR) is 101 cm³/mol. The number of methoxy groups -OCH3 is 2. The number of unbranched alkanes of at least 4 members (excludes halogenated alkanes) is 1. The summed E-state index contributed by atoms with van der Waals surface area (Å²) in [5.41, 5.74) is 1.40. The molecule has 0 atom stereocenters. The number of nitrogens with zero attached hydrogens (tertiary/aromatic N) is 2. The summed E-state index contributed by atoms with van der Waals surface area (Å²) in [5, 5.41) is 6.00. The first kappa shape index (κ1) is 19.5. The lowest BCUT2D eigenvalue weighted by Crippen LogP contribution is -2.27. The largest absolute Gasteiger partial charge is 0.493 e. The third kappa shape index (κ3) is 5.61. The molecule has 0 bridgehead atoms. The molecule has 7 heteroatoms. The number of amides is 1. The second-order valence-corrected chi connectivity index (χ2v) is 5.74. The van der Waals surface area contributed by atoms with Gasteiger partial charge in [-0.25, -0.2) is 9.97 Å². The van der Waals surface area contributed by atoms with Crippen molar-refractivity contribution in [2.24, 2.45) is 0 Å². The third-order valence-corrected chi connectivity index (χ3v) is 3.85. The maximum absolute atomic E-state index is 12.3. The van der Waals surface area contributed by atoms with Gasteiger partial charge in [0.2, 0.25) is 5.95 Å². The van der Waals surface area contributed by atoms with Crippen LogP contribution in [0.1, 0.15) is 35.8 Å². The lowest BCUT2D eigenvalue weighted by molar-refractivity contribution is 0.0949. The summed E-state index contributed by atoms with van der Waals surface area (Å²) in [7, 11) is 3.20. The van der Waals surface area contributed by atoms with E-state index in [0.717, 1.165) is 24.9 Å². The van der Waals surface area contributed by atoms with E-state index in [4.69, 9.17) is 9.47 Å². The van der Waals surface area contributed by atoms with E-state index in [2.05, 4.69) is 27.5 Å². The number of anilines is 1. The summed E-state index contributed by atoms with van der Waals surface area (Å²) < 4.78 is 10.5. The van der Waals surface area contributed by atoms with Crippen LogP contribution in [0.5, 0.6) is 11.5 Å². The molecule has 7 nitrogen and oxygen atoms in total. The Balaban J connectivity index is 1.88. The Kier molecular flexibility index (Phi) is 7.67. The SMILES string of the molecule is CCCCNc1nccc(C(=O)NCCc2ccc(OC)c(OC)c2)n1. The fourth-order valence-electron chi connectivity index (χ4n) is 2.39. The van der Waals surface area contributed by atoms with Crippen molar-refractivity contribution in [3.8, 4) is 11.5 Å². The molecule has 0 spiro atoms. The summed E-state index contributed by atoms with van der Waals surface area (Å²) in [4.78, 5) is 20.6. The van der Waals surface area contributed by atoms with Crippen LogP contribution in [0.2, 0.25) is 0 Å². The van der Waals surface area contributed by atoms with Gasteiger partial charge >= 0.3 is 0 Å². The van der Waals surface area contributed by atoms with Crippen LogP contribution in [-0.4, -0.2) is 43.2 Å². The van der Waals surface area contributed by atoms with Crippen molar-refractivity contribution in [1.29, 1.82) is 0 Å². The van der Waals surface area contributed by atoms with Crippen molar-refractivity contribution in [2.45, 2.75) is 26.2 Å². The molecule has 0 radical (unpaired) electrons. The number of hydrogen-bond acceptors (Lipinski definition) is 6. The van der Waals surface area contributed by atoms with Gasteiger partial charge in [-0.2, -0.15) is 0 Å². The number of benzene rings is 1. The number of carbonyl (C=O) groups excluding carboxylic acids is 1. The lowest BCUT2D eigenvalue weighted by atomic mass is 10.1. The average Bonchev–Trinajstić information content (AvgIpc) is 2.68. The van der Waals surface area contributed by atoms with Gasteiger partial charge in [-0.05, 0) is 36.6 Å². The Hall–Kier alpha value is -2.83. The molecule has 140 valence electrons. The van der Waals surface area contributed by atoms with Crippen molar-refractivity contribution in [3.63, 3.8) is 0 Å². The van der Waals surface area contributed by atoms with Gasteiger partial charge in [-0.1, -0.05) is 19.4 Å². The number of ether oxygens (including phenoxy) is 2. The van der Waals surface area contributed by atoms with Crippen LogP contribution in [0.4, 0.5) is 5.95 Å². The maximum Gasteiger partial charge on any atom is 0.270 e. The minimum atomic E-state index is -0.216. The second kappa shape index (κ2) is 10.2. The molecule has 26 heavy (non-hydrogen) atoms. The van der Waals surface area contributed by atoms with Crippen LogP contribution in [0.3, 0.4) is 0 Å². The molecule has 1 aromatic heterocycles. The smallest absolute Gasteiger partial charge is 0.270 e. The van der Waals surface area contributed by atoms with E-state index in [1.54, 1.807) is 26.5 Å². The molecule has 1 heterocycles. The number of hydrogen-bond donors (Lipinski definition) is 2. The monoisotopic (exact) mass is 358 g/mol. The highest BCUT2D eigenvalue weighted by atomic mass is 16.5. The van der Waals surface area contributed by atoms with Gasteiger partial charge in [0.05, 0.1) is 14.2 Å². The minimum absolute atomic E-state index is 0.216. The van der Waals surface area contributed by atoms with Crippen LogP contribution in [0.25, 0.3) is 0 Å². The third-order valence-electron chi connectivity index (χ3n) is 3.85. The first-order valence-corrected chi connectivity index (χ1v) is 8.74. The van der Waals surface area contributed by atoms with Gasteiger partial charge < -0.3 is 20.1 Å². The Morgan fingerprint density at radius 2 is 1.92 bits per heavy atom. The summed E-state index contributed by atoms with van der Waals surface area (Å²) >= 11 is 0. The number of rotatable bonds is 10. The van der Waals surface area contributed by atoms with Gasteiger partial charge in [0.15, 0.2) is 11.5 Å². The van der Waals surface area contributed by atoms with Crippen LogP contribution in [-0.2, 0) is 6.42 Å². The minimum Gasteiger partial charge on any atom is -0.493 e. The number of nitrogens with one attached hydrogen (secondary N) is 2. The summed E-state index contributed by atoms with van der Waals surface area (Å²) in [6.07, 6.45) is 4.39. The highest BCUT2D eigenvalue weighted by molar-refractivity contribution is 5.92. The zero-order valence-electron chi connectivity index (χ0n) is 15.5. The normalized spacial score (nSPS) is 10.3. The topological polar surface area (TPSA) is 85.4 Å². The van der Waals surface area contributed by atoms with E-state index < -0.39 is 0 Å². The predicted octanol–water partition coefficient (Wildman–Crippen LogP) is 2.68. The number of aromatic nitrogens is 2. The van der Waals surface area contributed by atoms with Gasteiger partial charge in [-0.15, -0.1) is 0 Å². The van der Waals surface area contributed by atoms with Crippen LogP contribution < -0.4 is 20.1 Å². The summed E-state index contributed by atoms with van der Waals surface area (Å²) in [6.45, 7) is 3.41. The Labute approximate surface area is 154 Å². The van der Waals surface area contributed by atoms with Crippen molar-refractivity contribution >= 4 is 11.9 Å². The molecule has 1 aromatic carbocycles. The highest BCUT2D eigenvalue weighted by Crippen LogP contribution is 2.27. The molecule has 0 fully saturated rings. The fourth-order valence-corrected chi connectivity index (χ4v) is 2.39. The lowest BCUT2D eigenvalue weighted by Gasteiger charge is -2.10. The first-order valence-electron chi connectivity index (χ1n) is 8.74. The molecule has 0 aliphatic heterocycles. The quantitative estimate of drug-likeness (QED) is 0.635. The summed E-state index contributed by atoms with van der Waals surface area (Å²) in [5.74, 6) is 1.62. The molecular weight excluding hydrogens is 332 g/mol. The summed E-state index contributed by atoms with van der Waals surface area (Å²) in [6, 6.07) is 7.32. The number of carbonyl (C=O) groups is 1. The van der Waals surface area contributed by atoms with Gasteiger partial charge in [-0.3, -0.25) is 4.79 Å². The molecule has 2 aromatic rings. The van der Waals surface area contributed by atoms with Crippen molar-refractivity contribution in [3.05, 3.63) is 41.7 Å². The molecule has 2 N–H and O–H groups in total. The van der Waals surface area contributed by atoms with E-state index in [1.807, 2.05) is 18.2 Å². The zero-order chi connectivity index (χ0) is 18.8. The zero-order valence-corrected chi connectivity index (χ0v) is 15.5. The Bertz CT molecular complexity index is 722. The maximum atomic E-state index is 12.3. The molecule has 0 aliphatic rings. The molecule has 0 saturated heterocycles. The standard InChI is InChI=1S/C19H26N4O3/c1-4-5-10-21-19-22-12-9-15(23-19)18(24)20-11-8-14-6-7-16(25-2)17(13-14)26-3/h6-7,9,12-13H,4-5,8,10-11H2,1-3H3,(H,20,24)(H,21,22,23). The van der Waals surface area contributed by atoms with Gasteiger partial charge in [0.25, 0.3) is 5.91 Å². The van der Waals surface area contributed by atoms with Crippen molar-refractivity contribution < 1.29 is 14.3 Å². The molecule has 1 amide bonds. The van der Waals surface area contributed by atoms with Crippen molar-refractivity contribution in [2.75, 3.05) is 32.6 Å².